The second kappa shape index (κ2) is 8.03. The van der Waals surface area contributed by atoms with Gasteiger partial charge in [0.15, 0.2) is 0 Å². The van der Waals surface area contributed by atoms with Gasteiger partial charge >= 0.3 is 0 Å². The number of aromatic nitrogens is 4. The van der Waals surface area contributed by atoms with Crippen molar-refractivity contribution in [2.45, 2.75) is 20.1 Å². The molecule has 0 N–H and O–H groups in total. The molecule has 0 saturated carbocycles. The number of hydrogen-bond donors (Lipinski definition) is 0. The van der Waals surface area contributed by atoms with Crippen LogP contribution in [0.25, 0.3) is 16.7 Å². The van der Waals surface area contributed by atoms with Crippen molar-refractivity contribution in [2.24, 2.45) is 7.05 Å². The molecule has 7 nitrogen and oxygen atoms in total. The highest BCUT2D eigenvalue weighted by Crippen LogP contribution is 2.15. The Morgan fingerprint density at radius 3 is 2.42 bits per heavy atom. The molecule has 0 unspecified atom stereocenters. The van der Waals surface area contributed by atoms with Crippen molar-refractivity contribution < 1.29 is 0 Å². The van der Waals surface area contributed by atoms with Gasteiger partial charge in [-0.15, -0.1) is 5.10 Å². The molecule has 0 amide bonds. The fraction of sp³-hybridized carbons (Fsp3) is 0.348. The Hall–Kier alpha value is -2.81. The monoisotopic (exact) mass is 434 g/mol. The van der Waals surface area contributed by atoms with E-state index in [0.717, 1.165) is 38.2 Å². The van der Waals surface area contributed by atoms with E-state index in [9.17, 15) is 4.79 Å². The first kappa shape index (κ1) is 20.1. The van der Waals surface area contributed by atoms with Gasteiger partial charge in [-0.25, -0.2) is 4.68 Å². The third kappa shape index (κ3) is 3.60. The second-order valence-electron chi connectivity index (χ2n) is 8.26. The quantitative estimate of drug-likeness (QED) is 0.463. The van der Waals surface area contributed by atoms with E-state index in [2.05, 4.69) is 41.0 Å². The highest BCUT2D eigenvalue weighted by Gasteiger charge is 2.20. The lowest BCUT2D eigenvalue weighted by atomic mass is 10.1. The zero-order valence-electron chi connectivity index (χ0n) is 17.9. The first-order chi connectivity index (χ1) is 15.0. The lowest BCUT2D eigenvalue weighted by Gasteiger charge is -2.34. The summed E-state index contributed by atoms with van der Waals surface area (Å²) in [6.07, 6.45) is 0. The number of para-hydroxylation sites is 1. The van der Waals surface area contributed by atoms with Gasteiger partial charge in [0.05, 0.1) is 17.6 Å². The van der Waals surface area contributed by atoms with Crippen LogP contribution in [0, 0.1) is 11.7 Å². The first-order valence-corrected chi connectivity index (χ1v) is 11.0. The van der Waals surface area contributed by atoms with Crippen LogP contribution in [0.2, 0.25) is 0 Å². The van der Waals surface area contributed by atoms with Crippen LogP contribution in [0.4, 0.5) is 0 Å². The summed E-state index contributed by atoms with van der Waals surface area (Å²) in [5, 5.41) is 5.35. The van der Waals surface area contributed by atoms with Crippen LogP contribution in [-0.4, -0.2) is 54.7 Å². The summed E-state index contributed by atoms with van der Waals surface area (Å²) < 4.78 is 5.94. The van der Waals surface area contributed by atoms with Gasteiger partial charge < -0.3 is 0 Å². The molecule has 2 aromatic heterocycles. The van der Waals surface area contributed by atoms with Gasteiger partial charge in [0.2, 0.25) is 10.5 Å². The first-order valence-electron chi connectivity index (χ1n) is 10.6. The number of rotatable bonds is 4. The van der Waals surface area contributed by atoms with E-state index in [1.165, 1.54) is 11.1 Å². The van der Waals surface area contributed by atoms with Crippen LogP contribution >= 0.6 is 12.2 Å². The average Bonchev–Trinajstić information content (AvgIpc) is 3.11. The van der Waals surface area contributed by atoms with E-state index in [-0.39, 0.29) is 5.56 Å². The minimum Gasteiger partial charge on any atom is -0.297 e. The zero-order chi connectivity index (χ0) is 21.5. The van der Waals surface area contributed by atoms with Crippen molar-refractivity contribution in [1.29, 1.82) is 0 Å². The molecular formula is C23H26N6OS. The number of fused-ring (bicyclic) bond motifs is 3. The van der Waals surface area contributed by atoms with Crippen molar-refractivity contribution in [1.82, 2.24) is 28.5 Å². The molecule has 160 valence electrons. The molecule has 0 spiro atoms. The maximum absolute atomic E-state index is 12.7. The Morgan fingerprint density at radius 2 is 1.65 bits per heavy atom. The van der Waals surface area contributed by atoms with E-state index in [1.54, 1.807) is 11.6 Å². The van der Waals surface area contributed by atoms with Crippen molar-refractivity contribution in [3.05, 3.63) is 74.8 Å². The molecule has 5 rings (SSSR count). The highest BCUT2D eigenvalue weighted by atomic mass is 32.1. The summed E-state index contributed by atoms with van der Waals surface area (Å²) >= 11 is 5.76. The van der Waals surface area contributed by atoms with Crippen LogP contribution < -0.4 is 5.56 Å². The number of piperazine rings is 1. The van der Waals surface area contributed by atoms with Crippen LogP contribution in [-0.2, 0) is 20.3 Å². The third-order valence-electron chi connectivity index (χ3n) is 6.26. The second-order valence-corrected chi connectivity index (χ2v) is 8.63. The highest BCUT2D eigenvalue weighted by molar-refractivity contribution is 7.71. The molecule has 0 aliphatic carbocycles. The molecule has 4 aromatic rings. The molecule has 0 radical (unpaired) electrons. The molecule has 3 heterocycles. The predicted octanol–water partition coefficient (Wildman–Crippen LogP) is 2.80. The molecule has 0 atom stereocenters. The Labute approximate surface area is 185 Å². The Bertz CT molecular complexity index is 1380. The topological polar surface area (TPSA) is 50.7 Å². The Balaban J connectivity index is 1.36. The Morgan fingerprint density at radius 1 is 0.968 bits per heavy atom. The van der Waals surface area contributed by atoms with Crippen molar-refractivity contribution in [2.75, 3.05) is 26.2 Å². The SMILES string of the molecule is Cc1ccccc1CN1CCN(Cn2nc3n(C)c(=O)c4ccccc4n3c2=S)CC1. The van der Waals surface area contributed by atoms with Crippen LogP contribution in [0.15, 0.2) is 53.3 Å². The van der Waals surface area contributed by atoms with E-state index in [4.69, 9.17) is 17.3 Å². The maximum atomic E-state index is 12.7. The number of nitrogens with zero attached hydrogens (tertiary/aromatic N) is 6. The normalized spacial score (nSPS) is 15.8. The minimum atomic E-state index is -0.0555. The molecule has 0 bridgehead atoms. The van der Waals surface area contributed by atoms with Gasteiger partial charge in [-0.2, -0.15) is 0 Å². The van der Waals surface area contributed by atoms with Gasteiger partial charge in [0, 0.05) is 39.8 Å². The summed E-state index contributed by atoms with van der Waals surface area (Å²) in [5.41, 5.74) is 3.49. The standard InChI is InChI=1S/C23H26N6OS/c1-17-7-3-4-8-18(17)15-26-11-13-27(14-12-26)16-28-23(31)29-20-10-6-5-9-19(20)21(30)25(2)22(29)24-28/h3-10H,11-16H2,1-2H3. The van der Waals surface area contributed by atoms with E-state index >= 15 is 0 Å². The molecule has 1 fully saturated rings. The molecule has 1 aliphatic heterocycles. The van der Waals surface area contributed by atoms with Gasteiger partial charge in [0.1, 0.15) is 0 Å². The molecule has 8 heteroatoms. The summed E-state index contributed by atoms with van der Waals surface area (Å²) in [7, 11) is 1.75. The Kier molecular flexibility index (Phi) is 5.21. The fourth-order valence-electron chi connectivity index (χ4n) is 4.34. The molecule has 31 heavy (non-hydrogen) atoms. The summed E-state index contributed by atoms with van der Waals surface area (Å²) in [6, 6.07) is 16.2. The van der Waals surface area contributed by atoms with Crippen LogP contribution in [0.1, 0.15) is 11.1 Å². The van der Waals surface area contributed by atoms with Gasteiger partial charge in [-0.05, 0) is 42.4 Å². The molecule has 1 saturated heterocycles. The average molecular weight is 435 g/mol. The van der Waals surface area contributed by atoms with E-state index in [1.807, 2.05) is 33.3 Å². The van der Waals surface area contributed by atoms with Gasteiger partial charge in [-0.3, -0.25) is 23.6 Å². The summed E-state index contributed by atoms with van der Waals surface area (Å²) in [4.78, 5) is 17.6. The maximum Gasteiger partial charge on any atom is 0.262 e. The zero-order valence-corrected chi connectivity index (χ0v) is 18.7. The summed E-state index contributed by atoms with van der Waals surface area (Å²) in [6.45, 7) is 7.73. The fourth-order valence-corrected chi connectivity index (χ4v) is 4.62. The lowest BCUT2D eigenvalue weighted by molar-refractivity contribution is 0.0981. The minimum absolute atomic E-state index is 0.0555. The van der Waals surface area contributed by atoms with Crippen LogP contribution in [0.3, 0.4) is 0 Å². The lowest BCUT2D eigenvalue weighted by Crippen LogP contribution is -2.46. The number of aryl methyl sites for hydroxylation is 2. The molecule has 1 aliphatic rings. The van der Waals surface area contributed by atoms with Gasteiger partial charge in [0.25, 0.3) is 5.56 Å². The van der Waals surface area contributed by atoms with Crippen molar-refractivity contribution >= 4 is 28.9 Å². The predicted molar refractivity (Wildman–Crippen MR) is 125 cm³/mol. The van der Waals surface area contributed by atoms with Gasteiger partial charge in [-0.1, -0.05) is 36.4 Å². The molecular weight excluding hydrogens is 408 g/mol. The third-order valence-corrected chi connectivity index (χ3v) is 6.65. The molecule has 2 aromatic carbocycles. The summed E-state index contributed by atoms with van der Waals surface area (Å²) in [5.74, 6) is 0.576. The van der Waals surface area contributed by atoms with E-state index < -0.39 is 0 Å². The number of hydrogen-bond acceptors (Lipinski definition) is 5. The largest absolute Gasteiger partial charge is 0.297 e. The number of benzene rings is 2. The van der Waals surface area contributed by atoms with E-state index in [0.29, 0.717) is 22.6 Å². The smallest absolute Gasteiger partial charge is 0.262 e. The van der Waals surface area contributed by atoms with Crippen LogP contribution in [0.5, 0.6) is 0 Å². The van der Waals surface area contributed by atoms with Crippen molar-refractivity contribution in [3.63, 3.8) is 0 Å². The van der Waals surface area contributed by atoms with Crippen molar-refractivity contribution in [3.8, 4) is 0 Å².